The third-order valence-corrected chi connectivity index (χ3v) is 5.05. The summed E-state index contributed by atoms with van der Waals surface area (Å²) in [7, 11) is 0. The summed E-state index contributed by atoms with van der Waals surface area (Å²) in [5, 5.41) is 8.83. The number of hydrogen-bond acceptors (Lipinski definition) is 4. The van der Waals surface area contributed by atoms with Crippen molar-refractivity contribution in [2.24, 2.45) is 4.99 Å². The Morgan fingerprint density at radius 1 is 1.39 bits per heavy atom. The van der Waals surface area contributed by atoms with Crippen molar-refractivity contribution in [2.75, 3.05) is 0 Å². The maximum atomic E-state index is 12.5. The van der Waals surface area contributed by atoms with Gasteiger partial charge in [-0.15, -0.1) is 11.3 Å². The summed E-state index contributed by atoms with van der Waals surface area (Å²) >= 11 is 7.71. The van der Waals surface area contributed by atoms with E-state index in [0.29, 0.717) is 11.1 Å². The number of carbonyl (C=O) groups is 1. The number of carbonyl (C=O) groups excluding carboxylic acids is 1. The van der Waals surface area contributed by atoms with Crippen molar-refractivity contribution in [1.29, 1.82) is 5.26 Å². The highest BCUT2D eigenvalue weighted by molar-refractivity contribution is 7.16. The molecule has 116 valence electrons. The van der Waals surface area contributed by atoms with Crippen LogP contribution in [0.15, 0.2) is 35.3 Å². The zero-order chi connectivity index (χ0) is 16.6. The van der Waals surface area contributed by atoms with Crippen LogP contribution >= 0.6 is 22.9 Å². The largest absolute Gasteiger partial charge is 0.294 e. The first kappa shape index (κ1) is 15.9. The molecule has 23 heavy (non-hydrogen) atoms. The number of nitrogens with zero attached hydrogens (tertiary/aromatic N) is 2. The first-order valence-corrected chi connectivity index (χ1v) is 8.48. The second kappa shape index (κ2) is 5.92. The zero-order valence-electron chi connectivity index (χ0n) is 12.9. The van der Waals surface area contributed by atoms with E-state index < -0.39 is 0 Å². The molecular formula is C18H15ClN2OS. The minimum Gasteiger partial charge on any atom is -0.294 e. The highest BCUT2D eigenvalue weighted by Gasteiger charge is 2.29. The van der Waals surface area contributed by atoms with E-state index in [9.17, 15) is 4.79 Å². The van der Waals surface area contributed by atoms with E-state index in [1.807, 2.05) is 6.07 Å². The highest BCUT2D eigenvalue weighted by Crippen LogP contribution is 2.36. The van der Waals surface area contributed by atoms with Gasteiger partial charge in [-0.05, 0) is 32.0 Å². The molecule has 3 nitrogen and oxygen atoms in total. The van der Waals surface area contributed by atoms with Crippen LogP contribution in [0.25, 0.3) is 0 Å². The molecule has 0 amide bonds. The van der Waals surface area contributed by atoms with E-state index in [-0.39, 0.29) is 17.7 Å². The van der Waals surface area contributed by atoms with E-state index in [2.05, 4.69) is 19.9 Å². The van der Waals surface area contributed by atoms with Crippen LogP contribution in [0.4, 0.5) is 0 Å². The molecule has 2 aromatic rings. The molecule has 5 heteroatoms. The fraction of sp³-hybridized carbons (Fsp3) is 0.278. The van der Waals surface area contributed by atoms with Crippen molar-refractivity contribution >= 4 is 34.4 Å². The number of halogens is 1. The Labute approximate surface area is 144 Å². The molecule has 1 aromatic carbocycles. The van der Waals surface area contributed by atoms with Gasteiger partial charge in [0.2, 0.25) is 0 Å². The van der Waals surface area contributed by atoms with Gasteiger partial charge in [0.05, 0.1) is 33.6 Å². The number of aliphatic imine (C=N–C) groups is 1. The third-order valence-electron chi connectivity index (χ3n) is 3.78. The molecule has 0 radical (unpaired) electrons. The van der Waals surface area contributed by atoms with E-state index in [4.69, 9.17) is 21.9 Å². The first-order valence-electron chi connectivity index (χ1n) is 7.29. The molecule has 0 fully saturated rings. The van der Waals surface area contributed by atoms with Crippen molar-refractivity contribution in [1.82, 2.24) is 0 Å². The average molecular weight is 343 g/mol. The van der Waals surface area contributed by atoms with Gasteiger partial charge in [0.15, 0.2) is 5.78 Å². The van der Waals surface area contributed by atoms with Crippen molar-refractivity contribution in [3.05, 3.63) is 56.2 Å². The lowest BCUT2D eigenvalue weighted by Crippen LogP contribution is -2.28. The lowest BCUT2D eigenvalue weighted by molar-refractivity contribution is 0.100. The topological polar surface area (TPSA) is 53.2 Å². The molecule has 0 unspecified atom stereocenters. The Kier molecular flexibility index (Phi) is 4.09. The van der Waals surface area contributed by atoms with Gasteiger partial charge in [0, 0.05) is 22.4 Å². The molecule has 0 atom stereocenters. The molecule has 2 heterocycles. The minimum atomic E-state index is -0.221. The quantitative estimate of drug-likeness (QED) is 0.761. The summed E-state index contributed by atoms with van der Waals surface area (Å²) in [5.74, 6) is -0.000729. The van der Waals surface area contributed by atoms with E-state index in [0.717, 1.165) is 22.0 Å². The lowest BCUT2D eigenvalue weighted by atomic mass is 9.90. The van der Waals surface area contributed by atoms with Crippen LogP contribution in [0, 0.1) is 11.3 Å². The van der Waals surface area contributed by atoms with Crippen molar-refractivity contribution in [2.45, 2.75) is 32.2 Å². The van der Waals surface area contributed by atoms with Gasteiger partial charge >= 0.3 is 0 Å². The summed E-state index contributed by atoms with van der Waals surface area (Å²) in [4.78, 5) is 18.5. The molecule has 0 saturated carbocycles. The van der Waals surface area contributed by atoms with Gasteiger partial charge in [0.25, 0.3) is 0 Å². The van der Waals surface area contributed by atoms with Crippen molar-refractivity contribution < 1.29 is 4.79 Å². The van der Waals surface area contributed by atoms with Crippen molar-refractivity contribution in [3.8, 4) is 6.07 Å². The van der Waals surface area contributed by atoms with Gasteiger partial charge in [-0.3, -0.25) is 9.79 Å². The fourth-order valence-electron chi connectivity index (χ4n) is 2.75. The Bertz CT molecular complexity index is 841. The second-order valence-electron chi connectivity index (χ2n) is 6.22. The van der Waals surface area contributed by atoms with Crippen LogP contribution < -0.4 is 0 Å². The molecule has 3 rings (SSSR count). The standard InChI is InChI=1S/C18H15ClN2OS/c1-18(2)9-16-13(7-17(19)23-16)14(21-18)8-15(22)12-5-3-11(10-20)4-6-12/h3-7H,8-9H2,1-2H3. The van der Waals surface area contributed by atoms with Gasteiger partial charge in [-0.2, -0.15) is 5.26 Å². The number of nitriles is 1. The van der Waals surface area contributed by atoms with Gasteiger partial charge in [-0.1, -0.05) is 23.7 Å². The van der Waals surface area contributed by atoms with E-state index >= 15 is 0 Å². The number of rotatable bonds is 3. The molecule has 1 aliphatic rings. The smallest absolute Gasteiger partial charge is 0.168 e. The second-order valence-corrected chi connectivity index (χ2v) is 7.99. The Balaban J connectivity index is 1.89. The number of Topliss-reactive ketones (excluding diaryl/α,β-unsaturated/α-hetero) is 1. The minimum absolute atomic E-state index is 0.000729. The van der Waals surface area contributed by atoms with Crippen LogP contribution in [0.1, 0.15) is 46.6 Å². The third kappa shape index (κ3) is 3.36. The van der Waals surface area contributed by atoms with Gasteiger partial charge < -0.3 is 0 Å². The number of thiophene rings is 1. The average Bonchev–Trinajstić information content (AvgIpc) is 2.86. The molecule has 1 aliphatic heterocycles. The van der Waals surface area contributed by atoms with Gasteiger partial charge in [0.1, 0.15) is 0 Å². The summed E-state index contributed by atoms with van der Waals surface area (Å²) in [6, 6.07) is 10.7. The molecular weight excluding hydrogens is 328 g/mol. The zero-order valence-corrected chi connectivity index (χ0v) is 14.5. The maximum absolute atomic E-state index is 12.5. The van der Waals surface area contributed by atoms with Crippen LogP contribution in [0.3, 0.4) is 0 Å². The highest BCUT2D eigenvalue weighted by atomic mass is 35.5. The van der Waals surface area contributed by atoms with Crippen LogP contribution in [-0.2, 0) is 6.42 Å². The normalized spacial score (nSPS) is 15.5. The number of benzene rings is 1. The maximum Gasteiger partial charge on any atom is 0.168 e. The fourth-order valence-corrected chi connectivity index (χ4v) is 4.26. The molecule has 0 spiro atoms. The summed E-state index contributed by atoms with van der Waals surface area (Å²) in [6.07, 6.45) is 1.09. The SMILES string of the molecule is CC1(C)Cc2sc(Cl)cc2C(CC(=O)c2ccc(C#N)cc2)=N1. The predicted octanol–water partition coefficient (Wildman–Crippen LogP) is 4.67. The summed E-state index contributed by atoms with van der Waals surface area (Å²) < 4.78 is 0.728. The van der Waals surface area contributed by atoms with Crippen LogP contribution in [0.5, 0.6) is 0 Å². The lowest BCUT2D eigenvalue weighted by Gasteiger charge is -2.26. The van der Waals surface area contributed by atoms with Gasteiger partial charge in [-0.25, -0.2) is 0 Å². The van der Waals surface area contributed by atoms with Crippen LogP contribution in [-0.4, -0.2) is 17.0 Å². The summed E-state index contributed by atoms with van der Waals surface area (Å²) in [6.45, 7) is 4.13. The van der Waals surface area contributed by atoms with Crippen LogP contribution in [0.2, 0.25) is 4.34 Å². The molecule has 0 N–H and O–H groups in total. The molecule has 0 bridgehead atoms. The van der Waals surface area contributed by atoms with Crippen molar-refractivity contribution in [3.63, 3.8) is 0 Å². The molecule has 0 aliphatic carbocycles. The number of hydrogen-bond donors (Lipinski definition) is 0. The number of ketones is 1. The Morgan fingerprint density at radius 3 is 2.74 bits per heavy atom. The molecule has 1 aromatic heterocycles. The Hall–Kier alpha value is -1.96. The number of fused-ring (bicyclic) bond motifs is 1. The molecule has 0 saturated heterocycles. The Morgan fingerprint density at radius 2 is 2.09 bits per heavy atom. The van der Waals surface area contributed by atoms with E-state index in [1.165, 1.54) is 4.88 Å². The first-order chi connectivity index (χ1) is 10.9. The summed E-state index contributed by atoms with van der Waals surface area (Å²) in [5.41, 5.74) is 2.72. The van der Waals surface area contributed by atoms with E-state index in [1.54, 1.807) is 35.6 Å². The monoisotopic (exact) mass is 342 g/mol. The predicted molar refractivity (Wildman–Crippen MR) is 93.8 cm³/mol.